The molecule has 0 amide bonds. The van der Waals surface area contributed by atoms with Gasteiger partial charge in [0.25, 0.3) is 0 Å². The molecule has 0 radical (unpaired) electrons. The van der Waals surface area contributed by atoms with Crippen molar-refractivity contribution in [1.29, 1.82) is 0 Å². The minimum Gasteiger partial charge on any atom is -0.310 e. The van der Waals surface area contributed by atoms with E-state index in [0.717, 1.165) is 5.92 Å². The van der Waals surface area contributed by atoms with E-state index in [9.17, 15) is 0 Å². The molecule has 6 aliphatic carbocycles. The molecule has 3 saturated carbocycles. The van der Waals surface area contributed by atoms with Crippen LogP contribution in [0.15, 0.2) is 182 Å². The molecule has 59 heavy (non-hydrogen) atoms. The maximum absolute atomic E-state index is 2.61. The maximum atomic E-state index is 2.61. The zero-order valence-electron chi connectivity index (χ0n) is 33.2. The molecule has 9 aromatic rings. The molecule has 1 nitrogen and oxygen atoms in total. The second kappa shape index (κ2) is 12.8. The van der Waals surface area contributed by atoms with Crippen LogP contribution in [0.1, 0.15) is 89.3 Å². The van der Waals surface area contributed by atoms with Crippen molar-refractivity contribution in [2.45, 2.75) is 55.8 Å². The van der Waals surface area contributed by atoms with Crippen LogP contribution in [-0.2, 0) is 5.41 Å². The maximum Gasteiger partial charge on any atom is 0.0506 e. The normalized spacial score (nSPS) is 21.1. The SMILES string of the molecule is c1ccc(-c2ccc(N(c3ccc(C45CCC(CC4)CC5)cc3)c3ccc4c5ccccc5c5ccccc5c4c3)c3c2C2c4ccccc4C3c3ccccc32)cc1. The Labute approximate surface area is 346 Å². The lowest BCUT2D eigenvalue weighted by Crippen LogP contribution is -2.37. The van der Waals surface area contributed by atoms with Crippen LogP contribution >= 0.6 is 0 Å². The second-order valence-electron chi connectivity index (χ2n) is 17.9. The van der Waals surface area contributed by atoms with Crippen molar-refractivity contribution < 1.29 is 0 Å². The van der Waals surface area contributed by atoms with Crippen LogP contribution < -0.4 is 4.90 Å². The van der Waals surface area contributed by atoms with Gasteiger partial charge in [-0.25, -0.2) is 0 Å². The van der Waals surface area contributed by atoms with Gasteiger partial charge in [0.2, 0.25) is 0 Å². The summed E-state index contributed by atoms with van der Waals surface area (Å²) in [4.78, 5) is 2.61. The van der Waals surface area contributed by atoms with E-state index < -0.39 is 0 Å². The summed E-state index contributed by atoms with van der Waals surface area (Å²) < 4.78 is 0. The van der Waals surface area contributed by atoms with Gasteiger partial charge < -0.3 is 4.90 Å². The fourth-order valence-corrected chi connectivity index (χ4v) is 12.4. The Morgan fingerprint density at radius 1 is 0.390 bits per heavy atom. The van der Waals surface area contributed by atoms with E-state index in [1.165, 1.54) is 132 Å². The fraction of sp³-hybridized carbons (Fsp3) is 0.172. The molecule has 3 fully saturated rings. The molecule has 0 aromatic heterocycles. The van der Waals surface area contributed by atoms with Crippen molar-refractivity contribution in [2.24, 2.45) is 5.92 Å². The molecule has 4 bridgehead atoms. The molecule has 0 saturated heterocycles. The number of fused-ring (bicyclic) bond motifs is 9. The molecular weight excluding hydrogens is 711 g/mol. The number of benzene rings is 9. The van der Waals surface area contributed by atoms with Crippen LogP contribution in [0.3, 0.4) is 0 Å². The van der Waals surface area contributed by atoms with E-state index in [4.69, 9.17) is 0 Å². The van der Waals surface area contributed by atoms with Gasteiger partial charge in [0, 0.05) is 23.2 Å². The number of rotatable bonds is 5. The summed E-state index contributed by atoms with van der Waals surface area (Å²) in [5.74, 6) is 1.21. The van der Waals surface area contributed by atoms with Crippen molar-refractivity contribution >= 4 is 49.4 Å². The number of hydrogen-bond acceptors (Lipinski definition) is 1. The molecule has 282 valence electrons. The summed E-state index contributed by atoms with van der Waals surface area (Å²) in [6, 6.07) is 69.6. The topological polar surface area (TPSA) is 3.24 Å². The van der Waals surface area contributed by atoms with Crippen LogP contribution in [0, 0.1) is 5.92 Å². The Bertz CT molecular complexity index is 3030. The standard InChI is InChI=1S/C58H45N/c1-2-12-38(13-3-1)42-28-29-53(57-55-50-20-10-8-18-48(50)54(56(42)57)49-19-9-11-21-51(49)55)59(40-24-22-39(23-25-40)58-33-30-37(31-34-58)32-35-58)41-26-27-47-45-16-5-4-14-43(45)44-15-6-7-17-46(44)52(47)36-41/h1-29,36-37,54-55H,30-35H2. The fourth-order valence-electron chi connectivity index (χ4n) is 12.4. The second-order valence-corrected chi connectivity index (χ2v) is 17.9. The van der Waals surface area contributed by atoms with Gasteiger partial charge in [0.1, 0.15) is 0 Å². The quantitative estimate of drug-likeness (QED) is 0.158. The summed E-state index contributed by atoms with van der Waals surface area (Å²) in [6.45, 7) is 0. The van der Waals surface area contributed by atoms with Gasteiger partial charge >= 0.3 is 0 Å². The predicted octanol–water partition coefficient (Wildman–Crippen LogP) is 15.5. The summed E-state index contributed by atoms with van der Waals surface area (Å²) in [6.07, 6.45) is 8.17. The lowest BCUT2D eigenvalue weighted by molar-refractivity contribution is 0.136. The highest BCUT2D eigenvalue weighted by Gasteiger charge is 2.45. The minimum atomic E-state index is 0.115. The molecule has 0 atom stereocenters. The first-order chi connectivity index (χ1) is 29.2. The van der Waals surface area contributed by atoms with Crippen molar-refractivity contribution in [3.8, 4) is 11.1 Å². The van der Waals surface area contributed by atoms with Gasteiger partial charge in [-0.15, -0.1) is 0 Å². The molecule has 1 heteroatoms. The van der Waals surface area contributed by atoms with Gasteiger partial charge in [0.15, 0.2) is 0 Å². The third kappa shape index (κ3) is 4.85. The molecule has 6 aliphatic rings. The van der Waals surface area contributed by atoms with Gasteiger partial charge in [-0.2, -0.15) is 0 Å². The number of nitrogens with zero attached hydrogens (tertiary/aromatic N) is 1. The largest absolute Gasteiger partial charge is 0.310 e. The van der Waals surface area contributed by atoms with E-state index in [0.29, 0.717) is 5.41 Å². The Kier molecular flexibility index (Phi) is 7.26. The molecule has 0 spiro atoms. The lowest BCUT2D eigenvalue weighted by atomic mass is 9.58. The highest BCUT2D eigenvalue weighted by atomic mass is 15.1. The summed E-state index contributed by atoms with van der Waals surface area (Å²) in [5.41, 5.74) is 16.8. The Hall–Kier alpha value is -6.44. The Balaban J connectivity index is 1.10. The molecule has 0 aliphatic heterocycles. The molecule has 0 N–H and O–H groups in total. The third-order valence-corrected chi connectivity index (χ3v) is 15.2. The smallest absolute Gasteiger partial charge is 0.0506 e. The Morgan fingerprint density at radius 3 is 1.44 bits per heavy atom. The summed E-state index contributed by atoms with van der Waals surface area (Å²) in [7, 11) is 0. The third-order valence-electron chi connectivity index (χ3n) is 15.2. The monoisotopic (exact) mass is 755 g/mol. The first-order valence-corrected chi connectivity index (χ1v) is 21.9. The van der Waals surface area contributed by atoms with Crippen LogP contribution in [0.25, 0.3) is 43.4 Å². The van der Waals surface area contributed by atoms with Gasteiger partial charge in [-0.05, 0) is 163 Å². The highest BCUT2D eigenvalue weighted by molar-refractivity contribution is 6.25. The molecule has 15 rings (SSSR count). The van der Waals surface area contributed by atoms with E-state index in [1.807, 2.05) is 0 Å². The summed E-state index contributed by atoms with van der Waals surface area (Å²) >= 11 is 0. The first kappa shape index (κ1) is 33.5. The van der Waals surface area contributed by atoms with Crippen molar-refractivity contribution in [2.75, 3.05) is 4.90 Å². The van der Waals surface area contributed by atoms with E-state index >= 15 is 0 Å². The minimum absolute atomic E-state index is 0.115. The van der Waals surface area contributed by atoms with Gasteiger partial charge in [0.05, 0.1) is 5.69 Å². The highest BCUT2D eigenvalue weighted by Crippen LogP contribution is 2.61. The van der Waals surface area contributed by atoms with Crippen LogP contribution in [0.2, 0.25) is 0 Å². The number of anilines is 3. The average molecular weight is 756 g/mol. The molecule has 0 heterocycles. The first-order valence-electron chi connectivity index (χ1n) is 21.9. The van der Waals surface area contributed by atoms with Crippen molar-refractivity contribution in [1.82, 2.24) is 0 Å². The Morgan fingerprint density at radius 2 is 0.864 bits per heavy atom. The predicted molar refractivity (Wildman–Crippen MR) is 247 cm³/mol. The van der Waals surface area contributed by atoms with Crippen molar-refractivity contribution in [3.05, 3.63) is 221 Å². The zero-order valence-corrected chi connectivity index (χ0v) is 33.2. The molecular formula is C58H45N. The van der Waals surface area contributed by atoms with Crippen LogP contribution in [0.5, 0.6) is 0 Å². The van der Waals surface area contributed by atoms with Gasteiger partial charge in [-0.1, -0.05) is 152 Å². The van der Waals surface area contributed by atoms with E-state index in [2.05, 4.69) is 187 Å². The zero-order chi connectivity index (χ0) is 38.7. The molecule has 9 aromatic carbocycles. The van der Waals surface area contributed by atoms with Crippen LogP contribution in [0.4, 0.5) is 17.1 Å². The van der Waals surface area contributed by atoms with E-state index in [-0.39, 0.29) is 11.8 Å². The van der Waals surface area contributed by atoms with Gasteiger partial charge in [-0.3, -0.25) is 0 Å². The van der Waals surface area contributed by atoms with E-state index in [1.54, 1.807) is 5.56 Å². The van der Waals surface area contributed by atoms with Crippen LogP contribution in [-0.4, -0.2) is 0 Å². The molecule has 0 unspecified atom stereocenters. The number of hydrogen-bond donors (Lipinski definition) is 0. The average Bonchev–Trinajstić information content (AvgIpc) is 3.32. The summed E-state index contributed by atoms with van der Waals surface area (Å²) in [5, 5.41) is 7.82. The van der Waals surface area contributed by atoms with Crippen molar-refractivity contribution in [3.63, 3.8) is 0 Å². The lowest BCUT2D eigenvalue weighted by Gasteiger charge is -2.47.